The molecule has 0 saturated heterocycles. The molecule has 134 valence electrons. The van der Waals surface area contributed by atoms with E-state index in [1.165, 1.54) is 0 Å². The van der Waals surface area contributed by atoms with E-state index in [0.29, 0.717) is 23.2 Å². The number of benzene rings is 3. The predicted octanol–water partition coefficient (Wildman–Crippen LogP) is 7.71. The van der Waals surface area contributed by atoms with Gasteiger partial charge in [0.2, 0.25) is 0 Å². The zero-order valence-corrected chi connectivity index (χ0v) is 18.3. The first-order valence-electron chi connectivity index (χ1n) is 7.87. The molecule has 0 aliphatic rings. The molecule has 0 bridgehead atoms. The maximum absolute atomic E-state index is 6.23. The molecule has 0 saturated carbocycles. The maximum Gasteiger partial charge on any atom is 0.139 e. The molecule has 1 N–H and O–H groups in total. The summed E-state index contributed by atoms with van der Waals surface area (Å²) in [7, 11) is 0. The second-order valence-electron chi connectivity index (χ2n) is 5.59. The van der Waals surface area contributed by atoms with Crippen LogP contribution in [0, 0.1) is 0 Å². The first kappa shape index (κ1) is 19.6. The summed E-state index contributed by atoms with van der Waals surface area (Å²) in [5.41, 5.74) is 2.81. The topological polar surface area (TPSA) is 21.3 Å². The summed E-state index contributed by atoms with van der Waals surface area (Å²) in [6.45, 7) is 0.957. The van der Waals surface area contributed by atoms with E-state index < -0.39 is 0 Å². The van der Waals surface area contributed by atoms with Gasteiger partial charge in [-0.2, -0.15) is 0 Å². The van der Waals surface area contributed by atoms with Crippen LogP contribution in [0.2, 0.25) is 10.0 Å². The first-order chi connectivity index (χ1) is 12.5. The standard InChI is InChI=1S/C20H15Br2Cl2NO/c21-15-9-14(11-25-19-8-4-3-7-18(19)24)20(16(22)10-15)26-12-13-5-1-2-6-17(13)23/h1-10,25H,11-12H2. The summed E-state index contributed by atoms with van der Waals surface area (Å²) < 4.78 is 7.92. The fourth-order valence-corrected chi connectivity index (χ4v) is 4.29. The molecule has 6 heteroatoms. The summed E-state index contributed by atoms with van der Waals surface area (Å²) in [4.78, 5) is 0. The summed E-state index contributed by atoms with van der Waals surface area (Å²) in [5, 5.41) is 4.73. The molecule has 3 rings (SSSR count). The van der Waals surface area contributed by atoms with Crippen LogP contribution in [0.1, 0.15) is 11.1 Å². The first-order valence-corrected chi connectivity index (χ1v) is 10.2. The van der Waals surface area contributed by atoms with Crippen molar-refractivity contribution in [3.63, 3.8) is 0 Å². The van der Waals surface area contributed by atoms with Gasteiger partial charge in [0.1, 0.15) is 12.4 Å². The Kier molecular flexibility index (Phi) is 6.87. The monoisotopic (exact) mass is 513 g/mol. The number of ether oxygens (including phenoxy) is 1. The number of halogens is 4. The van der Waals surface area contributed by atoms with Crippen LogP contribution in [-0.2, 0) is 13.2 Å². The molecule has 0 fully saturated rings. The third-order valence-electron chi connectivity index (χ3n) is 3.76. The highest BCUT2D eigenvalue weighted by molar-refractivity contribution is 9.11. The zero-order chi connectivity index (χ0) is 18.5. The van der Waals surface area contributed by atoms with Crippen molar-refractivity contribution in [2.24, 2.45) is 0 Å². The van der Waals surface area contributed by atoms with Crippen LogP contribution in [0.3, 0.4) is 0 Å². The molecule has 0 aliphatic carbocycles. The third kappa shape index (κ3) is 4.95. The number of para-hydroxylation sites is 1. The molecule has 26 heavy (non-hydrogen) atoms. The van der Waals surface area contributed by atoms with Crippen molar-refractivity contribution < 1.29 is 4.74 Å². The molecule has 0 aliphatic heterocycles. The zero-order valence-electron chi connectivity index (χ0n) is 13.6. The SMILES string of the molecule is Clc1ccccc1COc1c(Br)cc(Br)cc1CNc1ccccc1Cl. The predicted molar refractivity (Wildman–Crippen MR) is 116 cm³/mol. The van der Waals surface area contributed by atoms with Gasteiger partial charge in [-0.3, -0.25) is 0 Å². The minimum absolute atomic E-state index is 0.388. The summed E-state index contributed by atoms with van der Waals surface area (Å²) in [6, 6.07) is 19.3. The lowest BCUT2D eigenvalue weighted by molar-refractivity contribution is 0.301. The van der Waals surface area contributed by atoms with E-state index in [0.717, 1.165) is 31.5 Å². The minimum atomic E-state index is 0.388. The highest BCUT2D eigenvalue weighted by atomic mass is 79.9. The lowest BCUT2D eigenvalue weighted by Gasteiger charge is -2.16. The molecule has 3 aromatic carbocycles. The van der Waals surface area contributed by atoms with Gasteiger partial charge in [-0.15, -0.1) is 0 Å². The van der Waals surface area contributed by atoms with Crippen molar-refractivity contribution in [1.82, 2.24) is 0 Å². The average molecular weight is 516 g/mol. The van der Waals surface area contributed by atoms with Gasteiger partial charge in [-0.25, -0.2) is 0 Å². The summed E-state index contributed by atoms with van der Waals surface area (Å²) >= 11 is 19.6. The number of rotatable bonds is 6. The van der Waals surface area contributed by atoms with Crippen LogP contribution in [0.25, 0.3) is 0 Å². The number of hydrogen-bond donors (Lipinski definition) is 1. The Bertz CT molecular complexity index is 918. The second-order valence-corrected chi connectivity index (χ2v) is 8.17. The van der Waals surface area contributed by atoms with Gasteiger partial charge in [-0.05, 0) is 46.3 Å². The Balaban J connectivity index is 1.81. The quantitative estimate of drug-likeness (QED) is 0.363. The van der Waals surface area contributed by atoms with Crippen LogP contribution < -0.4 is 10.1 Å². The van der Waals surface area contributed by atoms with E-state index in [4.69, 9.17) is 27.9 Å². The van der Waals surface area contributed by atoms with Crippen molar-refractivity contribution in [1.29, 1.82) is 0 Å². The van der Waals surface area contributed by atoms with Crippen molar-refractivity contribution >= 4 is 60.7 Å². The van der Waals surface area contributed by atoms with Gasteiger partial charge in [0.05, 0.1) is 15.2 Å². The van der Waals surface area contributed by atoms with E-state index in [1.807, 2.05) is 60.7 Å². The molecule has 0 aromatic heterocycles. The smallest absolute Gasteiger partial charge is 0.139 e. The molecule has 0 unspecified atom stereocenters. The number of hydrogen-bond acceptors (Lipinski definition) is 2. The third-order valence-corrected chi connectivity index (χ3v) is 5.50. The Labute approximate surface area is 179 Å². The average Bonchev–Trinajstić information content (AvgIpc) is 2.61. The second kappa shape index (κ2) is 9.14. The lowest BCUT2D eigenvalue weighted by atomic mass is 10.2. The summed E-state index contributed by atoms with van der Waals surface area (Å²) in [6.07, 6.45) is 0. The number of anilines is 1. The van der Waals surface area contributed by atoms with E-state index >= 15 is 0 Å². The summed E-state index contributed by atoms with van der Waals surface area (Å²) in [5.74, 6) is 0.771. The van der Waals surface area contributed by atoms with Crippen LogP contribution in [0.15, 0.2) is 69.6 Å². The Morgan fingerprint density at radius 3 is 2.27 bits per heavy atom. The molecular formula is C20H15Br2Cl2NO. The van der Waals surface area contributed by atoms with Crippen LogP contribution in [0.5, 0.6) is 5.75 Å². The highest BCUT2D eigenvalue weighted by Gasteiger charge is 2.12. The molecule has 0 spiro atoms. The number of nitrogens with one attached hydrogen (secondary N) is 1. The molecule has 3 aromatic rings. The van der Waals surface area contributed by atoms with Gasteiger partial charge >= 0.3 is 0 Å². The molecular weight excluding hydrogens is 501 g/mol. The van der Waals surface area contributed by atoms with Gasteiger partial charge in [0, 0.05) is 27.2 Å². The molecule has 0 radical (unpaired) electrons. The van der Waals surface area contributed by atoms with Gasteiger partial charge in [-0.1, -0.05) is 69.5 Å². The van der Waals surface area contributed by atoms with Gasteiger partial charge in [0.15, 0.2) is 0 Å². The van der Waals surface area contributed by atoms with Crippen LogP contribution in [-0.4, -0.2) is 0 Å². The lowest BCUT2D eigenvalue weighted by Crippen LogP contribution is -2.05. The van der Waals surface area contributed by atoms with E-state index in [-0.39, 0.29) is 0 Å². The molecule has 0 atom stereocenters. The fraction of sp³-hybridized carbons (Fsp3) is 0.100. The molecule has 2 nitrogen and oxygen atoms in total. The fourth-order valence-electron chi connectivity index (χ4n) is 2.47. The Morgan fingerprint density at radius 1 is 0.846 bits per heavy atom. The molecule has 0 heterocycles. The van der Waals surface area contributed by atoms with Crippen LogP contribution >= 0.6 is 55.1 Å². The molecule has 0 amide bonds. The van der Waals surface area contributed by atoms with E-state index in [1.54, 1.807) is 0 Å². The van der Waals surface area contributed by atoms with Crippen molar-refractivity contribution in [3.8, 4) is 5.75 Å². The highest BCUT2D eigenvalue weighted by Crippen LogP contribution is 2.35. The van der Waals surface area contributed by atoms with Crippen LogP contribution in [0.4, 0.5) is 5.69 Å². The Hall–Kier alpha value is -1.20. The normalized spacial score (nSPS) is 10.6. The van der Waals surface area contributed by atoms with E-state index in [2.05, 4.69) is 37.2 Å². The van der Waals surface area contributed by atoms with Crippen molar-refractivity contribution in [2.45, 2.75) is 13.2 Å². The Morgan fingerprint density at radius 2 is 1.54 bits per heavy atom. The minimum Gasteiger partial charge on any atom is -0.487 e. The maximum atomic E-state index is 6.23. The largest absolute Gasteiger partial charge is 0.487 e. The van der Waals surface area contributed by atoms with Crippen molar-refractivity contribution in [2.75, 3.05) is 5.32 Å². The van der Waals surface area contributed by atoms with Crippen molar-refractivity contribution in [3.05, 3.63) is 90.8 Å². The van der Waals surface area contributed by atoms with E-state index in [9.17, 15) is 0 Å². The van der Waals surface area contributed by atoms with Gasteiger partial charge in [0.25, 0.3) is 0 Å². The van der Waals surface area contributed by atoms with Gasteiger partial charge < -0.3 is 10.1 Å².